The molecule has 0 bridgehead atoms. The van der Waals surface area contributed by atoms with Crippen LogP contribution < -0.4 is 9.47 Å². The first-order valence-corrected chi connectivity index (χ1v) is 13.7. The van der Waals surface area contributed by atoms with Gasteiger partial charge in [0.25, 0.3) is 10.1 Å². The third-order valence-corrected chi connectivity index (χ3v) is 6.90. The zero-order valence-corrected chi connectivity index (χ0v) is 21.1. The SMILES string of the molecule is O=C1c2ccccc2C(=O)c2c1cc(S(=O)(=O)O)c(OCCCCBr)c2OCCCCBr. The molecule has 0 saturated heterocycles. The summed E-state index contributed by atoms with van der Waals surface area (Å²) in [5.74, 6) is -1.36. The van der Waals surface area contributed by atoms with E-state index in [0.717, 1.165) is 29.6 Å². The first kappa shape index (κ1) is 24.9. The summed E-state index contributed by atoms with van der Waals surface area (Å²) in [4.78, 5) is 25.9. The van der Waals surface area contributed by atoms with E-state index in [9.17, 15) is 22.6 Å². The zero-order chi connectivity index (χ0) is 23.3. The van der Waals surface area contributed by atoms with Crippen molar-refractivity contribution in [3.8, 4) is 11.5 Å². The monoisotopic (exact) mass is 588 g/mol. The van der Waals surface area contributed by atoms with Crippen LogP contribution in [0.4, 0.5) is 0 Å². The largest absolute Gasteiger partial charge is 0.489 e. The van der Waals surface area contributed by atoms with Gasteiger partial charge < -0.3 is 9.47 Å². The maximum absolute atomic E-state index is 13.3. The van der Waals surface area contributed by atoms with E-state index < -0.39 is 26.6 Å². The number of carbonyl (C=O) groups excluding carboxylic acids is 2. The van der Waals surface area contributed by atoms with Crippen molar-refractivity contribution >= 4 is 53.5 Å². The van der Waals surface area contributed by atoms with E-state index in [1.807, 2.05) is 0 Å². The molecule has 0 spiro atoms. The van der Waals surface area contributed by atoms with Gasteiger partial charge in [0.05, 0.1) is 18.8 Å². The van der Waals surface area contributed by atoms with Crippen LogP contribution in [-0.2, 0) is 10.1 Å². The topological polar surface area (TPSA) is 107 Å². The molecule has 0 amide bonds. The molecule has 0 aliphatic heterocycles. The van der Waals surface area contributed by atoms with E-state index in [1.54, 1.807) is 18.2 Å². The van der Waals surface area contributed by atoms with E-state index in [1.165, 1.54) is 6.07 Å². The predicted octanol–water partition coefficient (Wildman–Crippen LogP) is 4.82. The molecule has 1 aliphatic carbocycles. The fourth-order valence-electron chi connectivity index (χ4n) is 3.39. The Morgan fingerprint density at radius 2 is 1.31 bits per heavy atom. The summed E-state index contributed by atoms with van der Waals surface area (Å²) in [6, 6.07) is 7.33. The van der Waals surface area contributed by atoms with Crippen LogP contribution in [0.25, 0.3) is 0 Å². The van der Waals surface area contributed by atoms with Gasteiger partial charge in [-0.15, -0.1) is 0 Å². The average Bonchev–Trinajstić information content (AvgIpc) is 2.77. The van der Waals surface area contributed by atoms with Crippen molar-refractivity contribution in [3.63, 3.8) is 0 Å². The molecule has 2 aromatic rings. The molecule has 7 nitrogen and oxygen atoms in total. The highest BCUT2D eigenvalue weighted by Crippen LogP contribution is 2.44. The molecule has 1 aliphatic rings. The molecule has 0 unspecified atom stereocenters. The van der Waals surface area contributed by atoms with Crippen LogP contribution in [0.3, 0.4) is 0 Å². The van der Waals surface area contributed by atoms with Crippen molar-refractivity contribution in [2.24, 2.45) is 0 Å². The van der Waals surface area contributed by atoms with Crippen LogP contribution in [0.15, 0.2) is 35.2 Å². The van der Waals surface area contributed by atoms with Crippen molar-refractivity contribution in [1.82, 2.24) is 0 Å². The highest BCUT2D eigenvalue weighted by molar-refractivity contribution is 9.09. The lowest BCUT2D eigenvalue weighted by atomic mass is 9.83. The second-order valence-electron chi connectivity index (χ2n) is 7.12. The van der Waals surface area contributed by atoms with E-state index in [2.05, 4.69) is 31.9 Å². The minimum Gasteiger partial charge on any atom is -0.489 e. The average molecular weight is 590 g/mol. The number of carbonyl (C=O) groups is 2. The Labute approximate surface area is 203 Å². The van der Waals surface area contributed by atoms with E-state index >= 15 is 0 Å². The number of fused-ring (bicyclic) bond motifs is 2. The first-order valence-electron chi connectivity index (χ1n) is 10.1. The number of rotatable bonds is 11. The van der Waals surface area contributed by atoms with Crippen LogP contribution in [0.1, 0.15) is 57.5 Å². The lowest BCUT2D eigenvalue weighted by molar-refractivity contribution is 0.0974. The molecule has 0 atom stereocenters. The number of unbranched alkanes of at least 4 members (excludes halogenated alkanes) is 2. The quantitative estimate of drug-likeness (QED) is 0.194. The molecule has 0 radical (unpaired) electrons. The maximum atomic E-state index is 13.3. The molecule has 0 aromatic heterocycles. The summed E-state index contributed by atoms with van der Waals surface area (Å²) >= 11 is 6.66. The number of alkyl halides is 2. The molecular formula is C22H22Br2O7S. The molecule has 0 heterocycles. The molecule has 0 saturated carbocycles. The van der Waals surface area contributed by atoms with Crippen LogP contribution >= 0.6 is 31.9 Å². The molecule has 1 N–H and O–H groups in total. The van der Waals surface area contributed by atoms with Gasteiger partial charge in [0.15, 0.2) is 23.1 Å². The Hall–Kier alpha value is -1.75. The standard InChI is InChI=1S/C22H22Br2O7S/c23-9-3-5-11-30-21-17(32(27,28)29)13-16-18(22(21)31-12-6-4-10-24)20(26)15-8-2-1-7-14(15)19(16)25/h1-2,7-8,13H,3-6,9-12H2,(H,27,28,29). The summed E-state index contributed by atoms with van der Waals surface area (Å²) in [6.45, 7) is 0.317. The lowest BCUT2D eigenvalue weighted by Gasteiger charge is -2.24. The minimum atomic E-state index is -4.77. The van der Waals surface area contributed by atoms with Crippen molar-refractivity contribution in [1.29, 1.82) is 0 Å². The molecule has 2 aromatic carbocycles. The number of ketones is 2. The zero-order valence-electron chi connectivity index (χ0n) is 17.1. The van der Waals surface area contributed by atoms with E-state index in [4.69, 9.17) is 9.47 Å². The van der Waals surface area contributed by atoms with Crippen LogP contribution in [0.5, 0.6) is 11.5 Å². The molecule has 10 heteroatoms. The van der Waals surface area contributed by atoms with Crippen molar-refractivity contribution in [2.75, 3.05) is 23.9 Å². The molecular weight excluding hydrogens is 568 g/mol. The lowest BCUT2D eigenvalue weighted by Crippen LogP contribution is -2.24. The van der Waals surface area contributed by atoms with Crippen LogP contribution in [-0.4, -0.2) is 48.4 Å². The fraction of sp³-hybridized carbons (Fsp3) is 0.364. The fourth-order valence-corrected chi connectivity index (χ4v) is 4.83. The van der Waals surface area contributed by atoms with Gasteiger partial charge in [-0.25, -0.2) is 0 Å². The van der Waals surface area contributed by atoms with Gasteiger partial charge in [-0.05, 0) is 31.7 Å². The van der Waals surface area contributed by atoms with Crippen molar-refractivity contribution in [2.45, 2.75) is 30.6 Å². The van der Waals surface area contributed by atoms with Gasteiger partial charge in [-0.3, -0.25) is 14.1 Å². The summed E-state index contributed by atoms with van der Waals surface area (Å²) in [5, 5.41) is 1.49. The third-order valence-electron chi connectivity index (χ3n) is 4.92. The Kier molecular flexibility index (Phi) is 8.49. The van der Waals surface area contributed by atoms with Crippen LogP contribution in [0.2, 0.25) is 0 Å². The highest BCUT2D eigenvalue weighted by atomic mass is 79.9. The highest BCUT2D eigenvalue weighted by Gasteiger charge is 2.37. The molecule has 0 fully saturated rings. The van der Waals surface area contributed by atoms with Gasteiger partial charge in [0.1, 0.15) is 4.90 Å². The minimum absolute atomic E-state index is 0.0459. The first-order chi connectivity index (χ1) is 15.3. The predicted molar refractivity (Wildman–Crippen MR) is 127 cm³/mol. The van der Waals surface area contributed by atoms with Crippen LogP contribution in [0, 0.1) is 0 Å². The number of halogens is 2. The Balaban J connectivity index is 2.20. The van der Waals surface area contributed by atoms with Crippen molar-refractivity contribution in [3.05, 3.63) is 52.6 Å². The number of ether oxygens (including phenoxy) is 2. The third kappa shape index (κ3) is 5.24. The Morgan fingerprint density at radius 1 is 0.781 bits per heavy atom. The summed E-state index contributed by atoms with van der Waals surface area (Å²) in [5.41, 5.74) is 0.197. The number of hydrogen-bond acceptors (Lipinski definition) is 6. The smallest absolute Gasteiger partial charge is 0.298 e. The number of hydrogen-bond donors (Lipinski definition) is 1. The summed E-state index contributed by atoms with van der Waals surface area (Å²) in [7, 11) is -4.77. The van der Waals surface area contributed by atoms with Gasteiger partial charge in [-0.2, -0.15) is 8.42 Å². The van der Waals surface area contributed by atoms with Gasteiger partial charge >= 0.3 is 0 Å². The van der Waals surface area contributed by atoms with Gasteiger partial charge in [-0.1, -0.05) is 56.1 Å². The van der Waals surface area contributed by atoms with Crippen molar-refractivity contribution < 1.29 is 32.0 Å². The van der Waals surface area contributed by atoms with E-state index in [0.29, 0.717) is 12.8 Å². The maximum Gasteiger partial charge on any atom is 0.298 e. The molecule has 3 rings (SSSR count). The second kappa shape index (κ2) is 10.9. The Morgan fingerprint density at radius 3 is 1.84 bits per heavy atom. The molecule has 172 valence electrons. The van der Waals surface area contributed by atoms with E-state index in [-0.39, 0.29) is 47.0 Å². The Bertz CT molecular complexity index is 1130. The second-order valence-corrected chi connectivity index (χ2v) is 10.1. The number of benzene rings is 2. The van der Waals surface area contributed by atoms with Gasteiger partial charge in [0, 0.05) is 27.4 Å². The summed E-state index contributed by atoms with van der Waals surface area (Å²) in [6.07, 6.45) is 2.79. The molecule has 32 heavy (non-hydrogen) atoms. The normalized spacial score (nSPS) is 13.0. The summed E-state index contributed by atoms with van der Waals surface area (Å²) < 4.78 is 45.9. The van der Waals surface area contributed by atoms with Gasteiger partial charge in [0.2, 0.25) is 0 Å².